The van der Waals surface area contributed by atoms with Gasteiger partial charge in [-0.3, -0.25) is 4.79 Å². The molecule has 0 aliphatic heterocycles. The summed E-state index contributed by atoms with van der Waals surface area (Å²) >= 11 is 0. The highest BCUT2D eigenvalue weighted by Gasteiger charge is 2.10. The third-order valence-corrected chi connectivity index (χ3v) is 2.66. The quantitative estimate of drug-likeness (QED) is 0.788. The van der Waals surface area contributed by atoms with Crippen molar-refractivity contribution >= 4 is 18.3 Å². The lowest BCUT2D eigenvalue weighted by Gasteiger charge is -2.12. The van der Waals surface area contributed by atoms with Crippen molar-refractivity contribution in [1.29, 1.82) is 0 Å². The van der Waals surface area contributed by atoms with E-state index in [4.69, 9.17) is 15.2 Å². The normalized spacial score (nSPS) is 11.3. The van der Waals surface area contributed by atoms with Gasteiger partial charge in [0.25, 0.3) is 0 Å². The summed E-state index contributed by atoms with van der Waals surface area (Å²) in [5, 5.41) is 2.82. The summed E-state index contributed by atoms with van der Waals surface area (Å²) in [5.74, 6) is 0.732. The van der Waals surface area contributed by atoms with Gasteiger partial charge >= 0.3 is 0 Å². The van der Waals surface area contributed by atoms with Gasteiger partial charge in [-0.25, -0.2) is 0 Å². The molecule has 0 saturated heterocycles. The van der Waals surface area contributed by atoms with Gasteiger partial charge in [0, 0.05) is 20.2 Å². The molecule has 108 valence electrons. The van der Waals surface area contributed by atoms with Crippen LogP contribution in [0.2, 0.25) is 0 Å². The van der Waals surface area contributed by atoms with Crippen molar-refractivity contribution < 1.29 is 14.3 Å². The van der Waals surface area contributed by atoms with Crippen LogP contribution in [0.5, 0.6) is 5.75 Å². The lowest BCUT2D eigenvalue weighted by atomic mass is 10.2. The zero-order chi connectivity index (χ0) is 13.4. The van der Waals surface area contributed by atoms with Crippen LogP contribution in [-0.2, 0) is 16.1 Å². The van der Waals surface area contributed by atoms with Gasteiger partial charge in [-0.15, -0.1) is 12.4 Å². The number of rotatable bonds is 7. The number of carbonyl (C=O) groups is 1. The maximum absolute atomic E-state index is 11.6. The standard InChI is InChI=1S/C13H20N2O3.ClH/c1-17-11-5-3-10(4-6-11)9-15-13(16)7-12(8-14)18-2;/h3-6,12H,7-9,14H2,1-2H3,(H,15,16);1H. The summed E-state index contributed by atoms with van der Waals surface area (Å²) in [7, 11) is 3.17. The predicted molar refractivity (Wildman–Crippen MR) is 76.6 cm³/mol. The van der Waals surface area contributed by atoms with E-state index < -0.39 is 0 Å². The van der Waals surface area contributed by atoms with Crippen LogP contribution in [0.1, 0.15) is 12.0 Å². The molecule has 0 aliphatic rings. The third kappa shape index (κ3) is 6.42. The first kappa shape index (κ1) is 17.7. The monoisotopic (exact) mass is 288 g/mol. The number of nitrogens with two attached hydrogens (primary N) is 1. The summed E-state index contributed by atoms with van der Waals surface area (Å²) < 4.78 is 10.1. The van der Waals surface area contributed by atoms with E-state index >= 15 is 0 Å². The summed E-state index contributed by atoms with van der Waals surface area (Å²) in [6, 6.07) is 7.55. The first-order valence-corrected chi connectivity index (χ1v) is 5.82. The molecule has 0 saturated carbocycles. The number of hydrogen-bond acceptors (Lipinski definition) is 4. The Morgan fingerprint density at radius 1 is 1.32 bits per heavy atom. The van der Waals surface area contributed by atoms with Crippen molar-refractivity contribution in [3.63, 3.8) is 0 Å². The maximum atomic E-state index is 11.6. The van der Waals surface area contributed by atoms with E-state index in [1.54, 1.807) is 14.2 Å². The second kappa shape index (κ2) is 9.61. The molecule has 1 aromatic carbocycles. The van der Waals surface area contributed by atoms with Crippen molar-refractivity contribution in [2.45, 2.75) is 19.1 Å². The molecule has 3 N–H and O–H groups in total. The van der Waals surface area contributed by atoms with Crippen molar-refractivity contribution in [2.75, 3.05) is 20.8 Å². The SMILES string of the molecule is COc1ccc(CNC(=O)CC(CN)OC)cc1.Cl. The first-order chi connectivity index (χ1) is 8.69. The second-order valence-corrected chi connectivity index (χ2v) is 3.92. The number of amides is 1. The topological polar surface area (TPSA) is 73.6 Å². The summed E-state index contributed by atoms with van der Waals surface area (Å²) in [4.78, 5) is 11.6. The Morgan fingerprint density at radius 2 is 1.95 bits per heavy atom. The van der Waals surface area contributed by atoms with Gasteiger partial charge in [0.2, 0.25) is 5.91 Å². The van der Waals surface area contributed by atoms with Crippen LogP contribution < -0.4 is 15.8 Å². The number of methoxy groups -OCH3 is 2. The minimum atomic E-state index is -0.221. The summed E-state index contributed by atoms with van der Waals surface area (Å²) in [6.07, 6.45) is 0.0595. The molecule has 0 radical (unpaired) electrons. The Hall–Kier alpha value is -1.30. The average Bonchev–Trinajstić information content (AvgIpc) is 2.43. The Bertz CT molecular complexity index is 367. The molecule has 0 aliphatic carbocycles. The number of ether oxygens (including phenoxy) is 2. The zero-order valence-corrected chi connectivity index (χ0v) is 12.0. The summed E-state index contributed by atoms with van der Waals surface area (Å²) in [6.45, 7) is 0.830. The van der Waals surface area contributed by atoms with E-state index in [1.165, 1.54) is 0 Å². The first-order valence-electron chi connectivity index (χ1n) is 5.82. The smallest absolute Gasteiger partial charge is 0.222 e. The number of hydrogen-bond donors (Lipinski definition) is 2. The molecule has 6 heteroatoms. The molecule has 0 aromatic heterocycles. The number of carbonyl (C=O) groups excluding carboxylic acids is 1. The van der Waals surface area contributed by atoms with Crippen molar-refractivity contribution in [2.24, 2.45) is 5.73 Å². The molecular weight excluding hydrogens is 268 g/mol. The second-order valence-electron chi connectivity index (χ2n) is 3.92. The van der Waals surface area contributed by atoms with E-state index in [2.05, 4.69) is 5.32 Å². The lowest BCUT2D eigenvalue weighted by molar-refractivity contribution is -0.123. The molecule has 0 fully saturated rings. The minimum absolute atomic E-state index is 0. The van der Waals surface area contributed by atoms with Crippen LogP contribution in [0.25, 0.3) is 0 Å². The highest BCUT2D eigenvalue weighted by atomic mass is 35.5. The van der Waals surface area contributed by atoms with Gasteiger partial charge < -0.3 is 20.5 Å². The molecule has 0 spiro atoms. The van der Waals surface area contributed by atoms with Crippen LogP contribution in [-0.4, -0.2) is 32.8 Å². The number of halogens is 1. The van der Waals surface area contributed by atoms with Gasteiger partial charge in [0.1, 0.15) is 5.75 Å². The van der Waals surface area contributed by atoms with Gasteiger partial charge in [0.05, 0.1) is 19.6 Å². The summed E-state index contributed by atoms with van der Waals surface area (Å²) in [5.41, 5.74) is 6.47. The molecule has 1 unspecified atom stereocenters. The van der Waals surface area contributed by atoms with E-state index in [0.29, 0.717) is 13.1 Å². The van der Waals surface area contributed by atoms with Crippen LogP contribution >= 0.6 is 12.4 Å². The van der Waals surface area contributed by atoms with Crippen LogP contribution in [0.4, 0.5) is 0 Å². The van der Waals surface area contributed by atoms with Gasteiger partial charge in [-0.2, -0.15) is 0 Å². The van der Waals surface area contributed by atoms with Crippen molar-refractivity contribution in [3.8, 4) is 5.75 Å². The fourth-order valence-corrected chi connectivity index (χ4v) is 1.49. The van der Waals surface area contributed by atoms with Crippen LogP contribution in [0.15, 0.2) is 24.3 Å². The van der Waals surface area contributed by atoms with Gasteiger partial charge in [-0.1, -0.05) is 12.1 Å². The molecule has 19 heavy (non-hydrogen) atoms. The molecule has 5 nitrogen and oxygen atoms in total. The maximum Gasteiger partial charge on any atom is 0.222 e. The van der Waals surface area contributed by atoms with E-state index in [0.717, 1.165) is 11.3 Å². The zero-order valence-electron chi connectivity index (χ0n) is 11.2. The predicted octanol–water partition coefficient (Wildman–Crippen LogP) is 1.10. The van der Waals surface area contributed by atoms with E-state index in [9.17, 15) is 4.79 Å². The van der Waals surface area contributed by atoms with Crippen LogP contribution in [0.3, 0.4) is 0 Å². The molecule has 1 aromatic rings. The van der Waals surface area contributed by atoms with Crippen molar-refractivity contribution in [3.05, 3.63) is 29.8 Å². The Balaban J connectivity index is 0.00000324. The van der Waals surface area contributed by atoms with Gasteiger partial charge in [-0.05, 0) is 17.7 Å². The molecule has 1 amide bonds. The highest BCUT2D eigenvalue weighted by Crippen LogP contribution is 2.10. The van der Waals surface area contributed by atoms with E-state index in [-0.39, 0.29) is 30.8 Å². The molecular formula is C13H21ClN2O3. The Kier molecular flexibility index (Phi) is 8.95. The lowest BCUT2D eigenvalue weighted by Crippen LogP contribution is -2.31. The minimum Gasteiger partial charge on any atom is -0.497 e. The average molecular weight is 289 g/mol. The van der Waals surface area contributed by atoms with Crippen LogP contribution in [0, 0.1) is 0 Å². The molecule has 0 bridgehead atoms. The third-order valence-electron chi connectivity index (χ3n) is 2.66. The number of nitrogens with one attached hydrogen (secondary N) is 1. The Morgan fingerprint density at radius 3 is 2.42 bits per heavy atom. The van der Waals surface area contributed by atoms with Gasteiger partial charge in [0.15, 0.2) is 0 Å². The molecule has 1 rings (SSSR count). The number of benzene rings is 1. The van der Waals surface area contributed by atoms with Crippen molar-refractivity contribution in [1.82, 2.24) is 5.32 Å². The molecule has 1 atom stereocenters. The highest BCUT2D eigenvalue weighted by molar-refractivity contribution is 5.85. The van der Waals surface area contributed by atoms with E-state index in [1.807, 2.05) is 24.3 Å². The fourth-order valence-electron chi connectivity index (χ4n) is 1.49. The largest absolute Gasteiger partial charge is 0.497 e. The molecule has 0 heterocycles. The Labute approximate surface area is 119 Å². The fraction of sp³-hybridized carbons (Fsp3) is 0.462.